The molecular formula is C21H19F3N6O3. The number of H-pyrrole nitrogens is 1. The Morgan fingerprint density at radius 3 is 2.39 bits per heavy atom. The van der Waals surface area contributed by atoms with Crippen LogP contribution in [-0.2, 0) is 0 Å². The maximum atomic E-state index is 12.5. The number of imidazole rings is 1. The van der Waals surface area contributed by atoms with E-state index < -0.39 is 18.6 Å². The molecule has 1 amide bonds. The van der Waals surface area contributed by atoms with Crippen LogP contribution in [0.1, 0.15) is 16.2 Å². The van der Waals surface area contributed by atoms with E-state index in [0.717, 1.165) is 11.1 Å². The number of nitrogens with one attached hydrogen (secondary N) is 2. The summed E-state index contributed by atoms with van der Waals surface area (Å²) in [5.41, 5.74) is 2.63. The lowest BCUT2D eigenvalue weighted by Crippen LogP contribution is -2.34. The normalized spacial score (nSPS) is 11.6. The highest BCUT2D eigenvalue weighted by Crippen LogP contribution is 2.34. The molecule has 4 aromatic rings. The van der Waals surface area contributed by atoms with Crippen molar-refractivity contribution in [3.05, 3.63) is 48.0 Å². The molecule has 0 saturated heterocycles. The van der Waals surface area contributed by atoms with Gasteiger partial charge < -0.3 is 19.8 Å². The number of ether oxygens (including phenoxy) is 2. The van der Waals surface area contributed by atoms with Crippen LogP contribution >= 0.6 is 0 Å². The zero-order chi connectivity index (χ0) is 23.8. The van der Waals surface area contributed by atoms with Gasteiger partial charge in [0, 0.05) is 17.7 Å². The minimum atomic E-state index is -4.55. The number of fused-ring (bicyclic) bond motifs is 1. The molecule has 0 radical (unpaired) electrons. The molecule has 172 valence electrons. The van der Waals surface area contributed by atoms with Crippen molar-refractivity contribution in [2.24, 2.45) is 0 Å². The largest absolute Gasteiger partial charge is 0.496 e. The monoisotopic (exact) mass is 460 g/mol. The molecule has 2 aromatic carbocycles. The molecule has 0 aliphatic carbocycles. The number of halogens is 3. The summed E-state index contributed by atoms with van der Waals surface area (Å²) in [5, 5.41) is 9.88. The lowest BCUT2D eigenvalue weighted by Gasteiger charge is -2.16. The van der Waals surface area contributed by atoms with Gasteiger partial charge in [0.25, 0.3) is 5.91 Å². The van der Waals surface area contributed by atoms with Gasteiger partial charge in [0.1, 0.15) is 35.8 Å². The Morgan fingerprint density at radius 2 is 1.82 bits per heavy atom. The van der Waals surface area contributed by atoms with Crippen LogP contribution in [0.25, 0.3) is 28.1 Å². The molecule has 2 aromatic heterocycles. The topological polar surface area (TPSA) is 107 Å². The second kappa shape index (κ2) is 8.45. The van der Waals surface area contributed by atoms with E-state index in [4.69, 9.17) is 9.47 Å². The van der Waals surface area contributed by atoms with E-state index in [2.05, 4.69) is 20.2 Å². The summed E-state index contributed by atoms with van der Waals surface area (Å²) < 4.78 is 49.9. The number of aromatic nitrogens is 5. The fourth-order valence-corrected chi connectivity index (χ4v) is 3.37. The second-order valence-electron chi connectivity index (χ2n) is 7.10. The third-order valence-corrected chi connectivity index (χ3v) is 4.87. The number of amides is 1. The van der Waals surface area contributed by atoms with Crippen molar-refractivity contribution in [2.75, 3.05) is 20.8 Å². The second-order valence-corrected chi connectivity index (χ2v) is 7.10. The number of carbonyl (C=O) groups excluding carboxylic acids is 1. The van der Waals surface area contributed by atoms with E-state index in [1.165, 1.54) is 26.4 Å². The Hall–Kier alpha value is -4.09. The summed E-state index contributed by atoms with van der Waals surface area (Å²) >= 11 is 0. The van der Waals surface area contributed by atoms with Crippen molar-refractivity contribution >= 4 is 16.9 Å². The SMILES string of the molecule is COc1cc(-n2cnc3cc(-c4nnc(C)[nH]4)ccc32)cc(OC)c1C(=O)NCC(F)(F)F. The van der Waals surface area contributed by atoms with Crippen molar-refractivity contribution < 1.29 is 27.4 Å². The number of aromatic amines is 1. The highest BCUT2D eigenvalue weighted by molar-refractivity contribution is 6.00. The van der Waals surface area contributed by atoms with Crippen molar-refractivity contribution in [3.63, 3.8) is 0 Å². The highest BCUT2D eigenvalue weighted by atomic mass is 19.4. The van der Waals surface area contributed by atoms with Gasteiger partial charge in [0.2, 0.25) is 0 Å². The molecule has 33 heavy (non-hydrogen) atoms. The Labute approximate surface area is 185 Å². The maximum Gasteiger partial charge on any atom is 0.405 e. The molecule has 0 saturated carbocycles. The van der Waals surface area contributed by atoms with Crippen molar-refractivity contribution in [1.29, 1.82) is 0 Å². The summed E-state index contributed by atoms with van der Waals surface area (Å²) in [6, 6.07) is 8.60. The van der Waals surface area contributed by atoms with Crippen LogP contribution in [0.2, 0.25) is 0 Å². The molecule has 0 fully saturated rings. The van der Waals surface area contributed by atoms with E-state index in [-0.39, 0.29) is 17.1 Å². The van der Waals surface area contributed by atoms with Gasteiger partial charge in [0.05, 0.1) is 30.9 Å². The average molecular weight is 460 g/mol. The number of alkyl halides is 3. The summed E-state index contributed by atoms with van der Waals surface area (Å²) in [4.78, 5) is 19.9. The third-order valence-electron chi connectivity index (χ3n) is 4.87. The number of methoxy groups -OCH3 is 2. The molecule has 4 rings (SSSR count). The smallest absolute Gasteiger partial charge is 0.405 e. The lowest BCUT2D eigenvalue weighted by molar-refractivity contribution is -0.123. The first-order valence-corrected chi connectivity index (χ1v) is 9.68. The van der Waals surface area contributed by atoms with Gasteiger partial charge in [-0.25, -0.2) is 4.98 Å². The zero-order valence-corrected chi connectivity index (χ0v) is 17.8. The summed E-state index contributed by atoms with van der Waals surface area (Å²) in [5.74, 6) is 0.449. The molecule has 0 bridgehead atoms. The predicted molar refractivity (Wildman–Crippen MR) is 113 cm³/mol. The van der Waals surface area contributed by atoms with Crippen LogP contribution < -0.4 is 14.8 Å². The van der Waals surface area contributed by atoms with Gasteiger partial charge in [-0.2, -0.15) is 13.2 Å². The van der Waals surface area contributed by atoms with Gasteiger partial charge in [-0.3, -0.25) is 9.36 Å². The number of carbonyl (C=O) groups is 1. The van der Waals surface area contributed by atoms with Gasteiger partial charge >= 0.3 is 6.18 Å². The van der Waals surface area contributed by atoms with Crippen LogP contribution in [0.5, 0.6) is 11.5 Å². The van der Waals surface area contributed by atoms with Crippen molar-refractivity contribution in [2.45, 2.75) is 13.1 Å². The van der Waals surface area contributed by atoms with E-state index >= 15 is 0 Å². The standard InChI is InChI=1S/C21H19F3N6O3/c1-11-27-19(29-28-11)12-4-5-15-14(6-12)26-10-30(15)13-7-16(32-2)18(17(8-13)33-3)20(31)25-9-21(22,23)24/h4-8,10H,9H2,1-3H3,(H,25,31)(H,27,28,29). The van der Waals surface area contributed by atoms with Gasteiger partial charge in [0.15, 0.2) is 5.82 Å². The zero-order valence-electron chi connectivity index (χ0n) is 17.8. The molecule has 0 unspecified atom stereocenters. The lowest BCUT2D eigenvalue weighted by atomic mass is 10.1. The highest BCUT2D eigenvalue weighted by Gasteiger charge is 2.30. The number of benzene rings is 2. The minimum Gasteiger partial charge on any atom is -0.496 e. The fourth-order valence-electron chi connectivity index (χ4n) is 3.37. The number of hydrogen-bond donors (Lipinski definition) is 2. The first-order chi connectivity index (χ1) is 15.7. The minimum absolute atomic E-state index is 0.0552. The van der Waals surface area contributed by atoms with Crippen molar-refractivity contribution in [3.8, 4) is 28.6 Å². The Morgan fingerprint density at radius 1 is 1.12 bits per heavy atom. The molecule has 2 heterocycles. The van der Waals surface area contributed by atoms with E-state index in [1.807, 2.05) is 23.5 Å². The van der Waals surface area contributed by atoms with Crippen LogP contribution in [0.15, 0.2) is 36.7 Å². The summed E-state index contributed by atoms with van der Waals surface area (Å²) in [7, 11) is 2.63. The fraction of sp³-hybridized carbons (Fsp3) is 0.238. The first kappa shape index (κ1) is 22.1. The quantitative estimate of drug-likeness (QED) is 0.457. The Balaban J connectivity index is 1.74. The van der Waals surface area contributed by atoms with Gasteiger partial charge in [-0.1, -0.05) is 0 Å². The number of aryl methyl sites for hydroxylation is 1. The number of hydrogen-bond acceptors (Lipinski definition) is 6. The molecule has 0 aliphatic heterocycles. The molecule has 0 spiro atoms. The van der Waals surface area contributed by atoms with Crippen LogP contribution in [0.4, 0.5) is 13.2 Å². The Bertz CT molecular complexity index is 1300. The molecule has 12 heteroatoms. The Kier molecular flexibility index (Phi) is 5.66. The number of nitrogens with zero attached hydrogens (tertiary/aromatic N) is 4. The molecule has 0 aliphatic rings. The van der Waals surface area contributed by atoms with Gasteiger partial charge in [-0.05, 0) is 25.1 Å². The van der Waals surface area contributed by atoms with E-state index in [9.17, 15) is 18.0 Å². The predicted octanol–water partition coefficient (Wildman–Crippen LogP) is 3.43. The van der Waals surface area contributed by atoms with E-state index in [1.54, 1.807) is 17.8 Å². The molecule has 9 nitrogen and oxygen atoms in total. The number of rotatable bonds is 6. The third kappa shape index (κ3) is 4.45. The van der Waals surface area contributed by atoms with Crippen LogP contribution in [0.3, 0.4) is 0 Å². The molecular weight excluding hydrogens is 441 g/mol. The molecule has 2 N–H and O–H groups in total. The average Bonchev–Trinajstić information content (AvgIpc) is 3.41. The van der Waals surface area contributed by atoms with Crippen molar-refractivity contribution in [1.82, 2.24) is 30.0 Å². The van der Waals surface area contributed by atoms with Crippen LogP contribution in [-0.4, -0.2) is 57.6 Å². The first-order valence-electron chi connectivity index (χ1n) is 9.68. The van der Waals surface area contributed by atoms with Crippen LogP contribution in [0, 0.1) is 6.92 Å². The maximum absolute atomic E-state index is 12.5. The molecule has 0 atom stereocenters. The van der Waals surface area contributed by atoms with Gasteiger partial charge in [-0.15, -0.1) is 10.2 Å². The summed E-state index contributed by atoms with van der Waals surface area (Å²) in [6.07, 6.45) is -2.97. The summed E-state index contributed by atoms with van der Waals surface area (Å²) in [6.45, 7) is 0.330. The van der Waals surface area contributed by atoms with E-state index in [0.29, 0.717) is 22.9 Å².